The molecule has 0 bridgehead atoms. The van der Waals surface area contributed by atoms with Gasteiger partial charge in [0.15, 0.2) is 16.9 Å². The average molecular weight is 528 g/mol. The first kappa shape index (κ1) is 26.4. The standard InChI is InChI=1S/C32H33NO6/c1-4-5-8-18-38-23-11-9-10-22(20-23)29-28-30(34)24-12-6-7-13-25(24)39-31(28)32(35)33(29)17-16-21-14-15-26(36-2)27(19-21)37-3/h6-7,9-15,19-20,29H,4-5,8,16-18H2,1-3H3. The molecule has 7 heteroatoms. The van der Waals surface area contributed by atoms with Crippen molar-refractivity contribution in [2.45, 2.75) is 38.6 Å². The SMILES string of the molecule is CCCCCOc1cccc(C2c3c(oc4ccccc4c3=O)C(=O)N2CCc2ccc(OC)c(OC)c2)c1. The first-order chi connectivity index (χ1) is 19.0. The summed E-state index contributed by atoms with van der Waals surface area (Å²) in [6, 6.07) is 19.8. The second kappa shape index (κ2) is 11.6. The van der Waals surface area contributed by atoms with Gasteiger partial charge in [-0.1, -0.05) is 50.1 Å². The number of carbonyl (C=O) groups is 1. The molecule has 202 valence electrons. The first-order valence-corrected chi connectivity index (χ1v) is 13.4. The summed E-state index contributed by atoms with van der Waals surface area (Å²) >= 11 is 0. The highest BCUT2D eigenvalue weighted by Gasteiger charge is 2.42. The number of para-hydroxylation sites is 1. The highest BCUT2D eigenvalue weighted by molar-refractivity contribution is 5.99. The number of carbonyl (C=O) groups excluding carboxylic acids is 1. The predicted octanol–water partition coefficient (Wildman–Crippen LogP) is 6.17. The lowest BCUT2D eigenvalue weighted by molar-refractivity contribution is 0.0729. The van der Waals surface area contributed by atoms with Gasteiger partial charge < -0.3 is 23.5 Å². The molecule has 1 aliphatic heterocycles. The monoisotopic (exact) mass is 527 g/mol. The van der Waals surface area contributed by atoms with E-state index in [1.54, 1.807) is 43.4 Å². The fraction of sp³-hybridized carbons (Fsp3) is 0.312. The minimum Gasteiger partial charge on any atom is -0.494 e. The van der Waals surface area contributed by atoms with E-state index < -0.39 is 6.04 Å². The van der Waals surface area contributed by atoms with E-state index in [0.717, 1.165) is 36.1 Å². The van der Waals surface area contributed by atoms with Crippen LogP contribution in [0.3, 0.4) is 0 Å². The molecule has 2 heterocycles. The minimum absolute atomic E-state index is 0.102. The zero-order valence-electron chi connectivity index (χ0n) is 22.6. The molecule has 39 heavy (non-hydrogen) atoms. The summed E-state index contributed by atoms with van der Waals surface area (Å²) in [5.41, 5.74) is 2.38. The summed E-state index contributed by atoms with van der Waals surface area (Å²) < 4.78 is 22.9. The number of nitrogens with zero attached hydrogens (tertiary/aromatic N) is 1. The molecule has 7 nitrogen and oxygen atoms in total. The van der Waals surface area contributed by atoms with Gasteiger partial charge in [0.1, 0.15) is 11.3 Å². The van der Waals surface area contributed by atoms with E-state index in [4.69, 9.17) is 18.6 Å². The van der Waals surface area contributed by atoms with Crippen molar-refractivity contribution in [3.63, 3.8) is 0 Å². The Morgan fingerprint density at radius 3 is 2.51 bits per heavy atom. The number of hydrogen-bond acceptors (Lipinski definition) is 6. The average Bonchev–Trinajstić information content (AvgIpc) is 3.25. The van der Waals surface area contributed by atoms with E-state index in [1.807, 2.05) is 42.5 Å². The van der Waals surface area contributed by atoms with Gasteiger partial charge in [-0.25, -0.2) is 0 Å². The number of hydrogen-bond donors (Lipinski definition) is 0. The Kier molecular flexibility index (Phi) is 7.87. The molecule has 0 saturated heterocycles. The number of unbranched alkanes of at least 4 members (excludes halogenated alkanes) is 2. The van der Waals surface area contributed by atoms with Crippen molar-refractivity contribution in [3.05, 3.63) is 99.4 Å². The summed E-state index contributed by atoms with van der Waals surface area (Å²) in [7, 11) is 3.19. The van der Waals surface area contributed by atoms with Crippen molar-refractivity contribution in [1.82, 2.24) is 4.90 Å². The van der Waals surface area contributed by atoms with Gasteiger partial charge >= 0.3 is 0 Å². The highest BCUT2D eigenvalue weighted by atomic mass is 16.5. The second-order valence-corrected chi connectivity index (χ2v) is 9.64. The topological polar surface area (TPSA) is 78.2 Å². The van der Waals surface area contributed by atoms with Crippen LogP contribution in [0.1, 0.15) is 59.5 Å². The molecule has 0 fully saturated rings. The third kappa shape index (κ3) is 5.21. The maximum atomic E-state index is 13.8. The number of methoxy groups -OCH3 is 2. The van der Waals surface area contributed by atoms with Gasteiger partial charge in [0.2, 0.25) is 5.76 Å². The number of fused-ring (bicyclic) bond motifs is 2. The molecule has 0 N–H and O–H groups in total. The normalized spacial score (nSPS) is 14.5. The van der Waals surface area contributed by atoms with Gasteiger partial charge in [0.05, 0.1) is 37.8 Å². The van der Waals surface area contributed by atoms with Crippen LogP contribution in [0.5, 0.6) is 17.2 Å². The molecule has 1 atom stereocenters. The van der Waals surface area contributed by atoms with Crippen LogP contribution in [-0.4, -0.2) is 38.2 Å². The summed E-state index contributed by atoms with van der Waals surface area (Å²) in [6.45, 7) is 3.15. The van der Waals surface area contributed by atoms with E-state index in [9.17, 15) is 9.59 Å². The molecule has 0 spiro atoms. The molecule has 5 rings (SSSR count). The van der Waals surface area contributed by atoms with Gasteiger partial charge in [0.25, 0.3) is 5.91 Å². The Hall–Kier alpha value is -4.26. The van der Waals surface area contributed by atoms with Crippen molar-refractivity contribution in [2.24, 2.45) is 0 Å². The smallest absolute Gasteiger partial charge is 0.290 e. The highest BCUT2D eigenvalue weighted by Crippen LogP contribution is 2.39. The van der Waals surface area contributed by atoms with E-state index in [1.165, 1.54) is 0 Å². The van der Waals surface area contributed by atoms with Crippen LogP contribution in [0.25, 0.3) is 11.0 Å². The van der Waals surface area contributed by atoms with E-state index in [0.29, 0.717) is 47.6 Å². The molecular formula is C32H33NO6. The Bertz CT molecular complexity index is 1540. The summed E-state index contributed by atoms with van der Waals surface area (Å²) in [6.07, 6.45) is 3.74. The number of benzene rings is 3. The van der Waals surface area contributed by atoms with Crippen molar-refractivity contribution in [1.29, 1.82) is 0 Å². The zero-order chi connectivity index (χ0) is 27.4. The van der Waals surface area contributed by atoms with Crippen molar-refractivity contribution >= 4 is 16.9 Å². The van der Waals surface area contributed by atoms with Gasteiger partial charge in [-0.2, -0.15) is 0 Å². The maximum absolute atomic E-state index is 13.8. The third-order valence-corrected chi connectivity index (χ3v) is 7.15. The summed E-state index contributed by atoms with van der Waals surface area (Å²) in [4.78, 5) is 29.2. The van der Waals surface area contributed by atoms with Crippen molar-refractivity contribution < 1.29 is 23.4 Å². The van der Waals surface area contributed by atoms with Gasteiger partial charge in [-0.3, -0.25) is 9.59 Å². The van der Waals surface area contributed by atoms with Crippen LogP contribution in [-0.2, 0) is 6.42 Å². The molecule has 1 unspecified atom stereocenters. The number of ether oxygens (including phenoxy) is 3. The molecule has 0 radical (unpaired) electrons. The fourth-order valence-electron chi connectivity index (χ4n) is 5.15. The minimum atomic E-state index is -0.590. The van der Waals surface area contributed by atoms with Crippen LogP contribution in [0.4, 0.5) is 0 Å². The van der Waals surface area contributed by atoms with Crippen LogP contribution in [0.15, 0.2) is 75.9 Å². The lowest BCUT2D eigenvalue weighted by Crippen LogP contribution is -2.31. The van der Waals surface area contributed by atoms with Crippen LogP contribution >= 0.6 is 0 Å². The Morgan fingerprint density at radius 1 is 0.897 bits per heavy atom. The molecule has 1 amide bonds. The molecule has 1 aromatic heterocycles. The van der Waals surface area contributed by atoms with E-state index >= 15 is 0 Å². The lowest BCUT2D eigenvalue weighted by atomic mass is 9.98. The number of amides is 1. The Labute approximate surface area is 227 Å². The maximum Gasteiger partial charge on any atom is 0.290 e. The van der Waals surface area contributed by atoms with Gasteiger partial charge in [-0.15, -0.1) is 0 Å². The fourth-order valence-corrected chi connectivity index (χ4v) is 5.15. The summed E-state index contributed by atoms with van der Waals surface area (Å²) in [5, 5.41) is 0.461. The van der Waals surface area contributed by atoms with Crippen molar-refractivity contribution in [3.8, 4) is 17.2 Å². The predicted molar refractivity (Wildman–Crippen MR) is 150 cm³/mol. The zero-order valence-corrected chi connectivity index (χ0v) is 22.6. The Balaban J connectivity index is 1.53. The van der Waals surface area contributed by atoms with E-state index in [-0.39, 0.29) is 17.1 Å². The van der Waals surface area contributed by atoms with Crippen LogP contribution in [0, 0.1) is 0 Å². The lowest BCUT2D eigenvalue weighted by Gasteiger charge is -2.25. The van der Waals surface area contributed by atoms with Gasteiger partial charge in [0, 0.05) is 6.54 Å². The molecule has 4 aromatic rings. The third-order valence-electron chi connectivity index (χ3n) is 7.15. The molecule has 0 aliphatic carbocycles. The molecule has 1 aliphatic rings. The van der Waals surface area contributed by atoms with Crippen molar-refractivity contribution in [2.75, 3.05) is 27.4 Å². The Morgan fingerprint density at radius 2 is 1.72 bits per heavy atom. The first-order valence-electron chi connectivity index (χ1n) is 13.4. The molecule has 0 saturated carbocycles. The second-order valence-electron chi connectivity index (χ2n) is 9.64. The molecular weight excluding hydrogens is 494 g/mol. The quantitative estimate of drug-likeness (QED) is 0.217. The number of rotatable bonds is 11. The van der Waals surface area contributed by atoms with Crippen LogP contribution in [0.2, 0.25) is 0 Å². The molecule has 3 aromatic carbocycles. The van der Waals surface area contributed by atoms with Gasteiger partial charge in [-0.05, 0) is 60.4 Å². The summed E-state index contributed by atoms with van der Waals surface area (Å²) in [5.74, 6) is 1.78. The van der Waals surface area contributed by atoms with E-state index in [2.05, 4.69) is 6.92 Å². The largest absolute Gasteiger partial charge is 0.494 e. The van der Waals surface area contributed by atoms with Crippen LogP contribution < -0.4 is 19.6 Å².